The first-order chi connectivity index (χ1) is 6.25. The largest absolute Gasteiger partial charge is 0.479 e. The second-order valence-electron chi connectivity index (χ2n) is 3.16. The summed E-state index contributed by atoms with van der Waals surface area (Å²) in [4.78, 5) is 10.8. The Balaban J connectivity index is 2.46. The summed E-state index contributed by atoms with van der Waals surface area (Å²) in [5.74, 6) is -0.736. The van der Waals surface area contributed by atoms with Crippen LogP contribution in [0.1, 0.15) is 19.8 Å². The lowest BCUT2D eigenvalue weighted by molar-refractivity contribution is -0.156. The van der Waals surface area contributed by atoms with Crippen LogP contribution in [0.2, 0.25) is 0 Å². The van der Waals surface area contributed by atoms with Gasteiger partial charge in [-0.2, -0.15) is 0 Å². The number of carboxylic acid groups (broad SMARTS) is 1. The summed E-state index contributed by atoms with van der Waals surface area (Å²) in [6.07, 6.45) is 0.933. The SMILES string of the molecule is CCOC(C(=O)O)C1CCOCC1. The van der Waals surface area contributed by atoms with Crippen LogP contribution in [0.15, 0.2) is 0 Å². The maximum atomic E-state index is 10.8. The Kier molecular flexibility index (Phi) is 4.18. The van der Waals surface area contributed by atoms with E-state index in [1.807, 2.05) is 6.92 Å². The summed E-state index contributed by atoms with van der Waals surface area (Å²) in [7, 11) is 0. The Morgan fingerprint density at radius 1 is 1.62 bits per heavy atom. The number of rotatable bonds is 4. The molecule has 1 saturated heterocycles. The van der Waals surface area contributed by atoms with Crippen molar-refractivity contribution in [1.29, 1.82) is 0 Å². The molecule has 0 radical (unpaired) electrons. The third-order valence-electron chi connectivity index (χ3n) is 2.28. The van der Waals surface area contributed by atoms with Gasteiger partial charge in [0.1, 0.15) is 0 Å². The molecule has 0 spiro atoms. The van der Waals surface area contributed by atoms with E-state index < -0.39 is 12.1 Å². The van der Waals surface area contributed by atoms with E-state index in [0.717, 1.165) is 12.8 Å². The number of aliphatic carboxylic acids is 1. The molecule has 1 aliphatic rings. The first-order valence-corrected chi connectivity index (χ1v) is 4.68. The van der Waals surface area contributed by atoms with Gasteiger partial charge in [0, 0.05) is 25.7 Å². The molecular formula is C9H16O4. The molecule has 0 aromatic heterocycles. The van der Waals surface area contributed by atoms with Crippen LogP contribution < -0.4 is 0 Å². The molecule has 4 heteroatoms. The first-order valence-electron chi connectivity index (χ1n) is 4.68. The summed E-state index contributed by atoms with van der Waals surface area (Å²) in [5, 5.41) is 8.89. The van der Waals surface area contributed by atoms with Crippen LogP contribution in [0.5, 0.6) is 0 Å². The molecule has 0 bridgehead atoms. The quantitative estimate of drug-likeness (QED) is 0.712. The molecule has 0 aromatic rings. The fourth-order valence-electron chi connectivity index (χ4n) is 1.61. The predicted molar refractivity (Wildman–Crippen MR) is 46.6 cm³/mol. The van der Waals surface area contributed by atoms with Crippen LogP contribution in [0.3, 0.4) is 0 Å². The van der Waals surface area contributed by atoms with E-state index in [0.29, 0.717) is 19.8 Å². The van der Waals surface area contributed by atoms with Gasteiger partial charge < -0.3 is 14.6 Å². The maximum Gasteiger partial charge on any atom is 0.333 e. The second kappa shape index (κ2) is 5.19. The smallest absolute Gasteiger partial charge is 0.333 e. The third-order valence-corrected chi connectivity index (χ3v) is 2.28. The van der Waals surface area contributed by atoms with Crippen molar-refractivity contribution in [3.05, 3.63) is 0 Å². The Morgan fingerprint density at radius 3 is 2.69 bits per heavy atom. The minimum Gasteiger partial charge on any atom is -0.479 e. The van der Waals surface area contributed by atoms with Gasteiger partial charge in [0.05, 0.1) is 0 Å². The molecule has 0 saturated carbocycles. The average Bonchev–Trinajstić information content (AvgIpc) is 2.15. The lowest BCUT2D eigenvalue weighted by atomic mass is 9.94. The van der Waals surface area contributed by atoms with Crippen molar-refractivity contribution in [3.63, 3.8) is 0 Å². The Morgan fingerprint density at radius 2 is 2.23 bits per heavy atom. The van der Waals surface area contributed by atoms with Crippen LogP contribution in [0, 0.1) is 5.92 Å². The summed E-state index contributed by atoms with van der Waals surface area (Å²) in [6.45, 7) is 3.58. The van der Waals surface area contributed by atoms with Gasteiger partial charge in [-0.1, -0.05) is 0 Å². The van der Waals surface area contributed by atoms with Gasteiger partial charge >= 0.3 is 5.97 Å². The Bertz CT molecular complexity index is 163. The highest BCUT2D eigenvalue weighted by molar-refractivity contribution is 5.72. The molecule has 1 rings (SSSR count). The predicted octanol–water partition coefficient (Wildman–Crippen LogP) is 0.903. The lowest BCUT2D eigenvalue weighted by Crippen LogP contribution is -2.36. The summed E-state index contributed by atoms with van der Waals surface area (Å²) >= 11 is 0. The molecule has 0 amide bonds. The Hall–Kier alpha value is -0.610. The van der Waals surface area contributed by atoms with Gasteiger partial charge in [-0.05, 0) is 19.8 Å². The van der Waals surface area contributed by atoms with Gasteiger partial charge in [0.2, 0.25) is 0 Å². The van der Waals surface area contributed by atoms with E-state index in [-0.39, 0.29) is 5.92 Å². The van der Waals surface area contributed by atoms with Crippen molar-refractivity contribution in [1.82, 2.24) is 0 Å². The number of ether oxygens (including phenoxy) is 2. The zero-order valence-electron chi connectivity index (χ0n) is 7.86. The van der Waals surface area contributed by atoms with Gasteiger partial charge in [-0.15, -0.1) is 0 Å². The average molecular weight is 188 g/mol. The summed E-state index contributed by atoms with van der Waals surface area (Å²) in [5.41, 5.74) is 0. The van der Waals surface area contributed by atoms with Gasteiger partial charge in [0.25, 0.3) is 0 Å². The van der Waals surface area contributed by atoms with Crippen molar-refractivity contribution in [3.8, 4) is 0 Å². The zero-order valence-corrected chi connectivity index (χ0v) is 7.86. The number of hydrogen-bond donors (Lipinski definition) is 1. The highest BCUT2D eigenvalue weighted by atomic mass is 16.5. The monoisotopic (exact) mass is 188 g/mol. The van der Waals surface area contributed by atoms with Crippen molar-refractivity contribution < 1.29 is 19.4 Å². The molecule has 1 fully saturated rings. The topological polar surface area (TPSA) is 55.8 Å². The summed E-state index contributed by atoms with van der Waals surface area (Å²) in [6, 6.07) is 0. The van der Waals surface area contributed by atoms with Crippen LogP contribution in [-0.4, -0.2) is 37.0 Å². The maximum absolute atomic E-state index is 10.8. The van der Waals surface area contributed by atoms with E-state index in [1.54, 1.807) is 0 Å². The molecule has 1 atom stereocenters. The van der Waals surface area contributed by atoms with Crippen LogP contribution in [0.4, 0.5) is 0 Å². The first kappa shape index (κ1) is 10.5. The van der Waals surface area contributed by atoms with Gasteiger partial charge in [0.15, 0.2) is 6.10 Å². The van der Waals surface area contributed by atoms with Crippen LogP contribution >= 0.6 is 0 Å². The van der Waals surface area contributed by atoms with Crippen molar-refractivity contribution in [2.45, 2.75) is 25.9 Å². The van der Waals surface area contributed by atoms with Gasteiger partial charge in [-0.3, -0.25) is 0 Å². The highest BCUT2D eigenvalue weighted by Crippen LogP contribution is 2.21. The minimum absolute atomic E-state index is 0.117. The fraction of sp³-hybridized carbons (Fsp3) is 0.889. The van der Waals surface area contributed by atoms with E-state index in [9.17, 15) is 4.79 Å². The fourth-order valence-corrected chi connectivity index (χ4v) is 1.61. The highest BCUT2D eigenvalue weighted by Gasteiger charge is 2.29. The molecule has 13 heavy (non-hydrogen) atoms. The number of carbonyl (C=O) groups is 1. The number of hydrogen-bond acceptors (Lipinski definition) is 3. The zero-order chi connectivity index (χ0) is 9.68. The standard InChI is InChI=1S/C9H16O4/c1-2-13-8(9(10)11)7-3-5-12-6-4-7/h7-8H,2-6H2,1H3,(H,10,11). The molecule has 0 aliphatic carbocycles. The molecule has 76 valence electrons. The second-order valence-corrected chi connectivity index (χ2v) is 3.16. The van der Waals surface area contributed by atoms with Gasteiger partial charge in [-0.25, -0.2) is 4.79 Å². The van der Waals surface area contributed by atoms with Crippen molar-refractivity contribution >= 4 is 5.97 Å². The minimum atomic E-state index is -0.853. The van der Waals surface area contributed by atoms with Crippen LogP contribution in [0.25, 0.3) is 0 Å². The lowest BCUT2D eigenvalue weighted by Gasteiger charge is -2.27. The molecule has 4 nitrogen and oxygen atoms in total. The van der Waals surface area contributed by atoms with Crippen molar-refractivity contribution in [2.24, 2.45) is 5.92 Å². The third kappa shape index (κ3) is 2.97. The van der Waals surface area contributed by atoms with Crippen LogP contribution in [-0.2, 0) is 14.3 Å². The van der Waals surface area contributed by atoms with E-state index >= 15 is 0 Å². The Labute approximate surface area is 77.8 Å². The molecule has 0 aromatic carbocycles. The number of carboxylic acids is 1. The molecule has 1 N–H and O–H groups in total. The molecule has 1 heterocycles. The molecule has 1 unspecified atom stereocenters. The molecule has 1 aliphatic heterocycles. The molecular weight excluding hydrogens is 172 g/mol. The van der Waals surface area contributed by atoms with E-state index in [1.165, 1.54) is 0 Å². The summed E-state index contributed by atoms with van der Waals surface area (Å²) < 4.78 is 10.3. The normalized spacial score (nSPS) is 21.3. The van der Waals surface area contributed by atoms with E-state index in [4.69, 9.17) is 14.6 Å². The van der Waals surface area contributed by atoms with E-state index in [2.05, 4.69) is 0 Å². The van der Waals surface area contributed by atoms with Crippen molar-refractivity contribution in [2.75, 3.05) is 19.8 Å².